The van der Waals surface area contributed by atoms with E-state index in [9.17, 15) is 14.7 Å². The number of aromatic nitrogens is 1. The molecule has 3 aromatic carbocycles. The highest BCUT2D eigenvalue weighted by molar-refractivity contribution is 7.22. The van der Waals surface area contributed by atoms with Gasteiger partial charge in [-0.05, 0) is 85.8 Å². The van der Waals surface area contributed by atoms with E-state index >= 15 is 0 Å². The van der Waals surface area contributed by atoms with E-state index in [2.05, 4.69) is 0 Å². The van der Waals surface area contributed by atoms with E-state index in [-0.39, 0.29) is 17.4 Å². The molecule has 6 rings (SSSR count). The molecule has 0 spiro atoms. The predicted molar refractivity (Wildman–Crippen MR) is 156 cm³/mol. The number of hydrogen-bond acceptors (Lipinski definition) is 7. The lowest BCUT2D eigenvalue weighted by Gasteiger charge is -2.23. The van der Waals surface area contributed by atoms with Gasteiger partial charge in [-0.15, -0.1) is 0 Å². The minimum absolute atomic E-state index is 0.0336. The highest BCUT2D eigenvalue weighted by Gasteiger charge is 2.48. The monoisotopic (exact) mass is 554 g/mol. The molecule has 40 heavy (non-hydrogen) atoms. The normalized spacial score (nSPS) is 19.8. The minimum atomic E-state index is -0.856. The number of rotatable bonds is 6. The number of aliphatic hydroxyl groups excluding tert-OH is 1. The number of Topliss-reactive ketones (excluding diaryl/α,β-unsaturated/α-hetero) is 1. The maximum atomic E-state index is 13.7. The molecule has 3 heterocycles. The van der Waals surface area contributed by atoms with E-state index in [1.54, 1.807) is 12.1 Å². The van der Waals surface area contributed by atoms with Crippen LogP contribution in [0, 0.1) is 13.8 Å². The highest BCUT2D eigenvalue weighted by atomic mass is 32.1. The van der Waals surface area contributed by atoms with Gasteiger partial charge in [0.25, 0.3) is 5.78 Å². The topological polar surface area (TPSA) is 89.0 Å². The zero-order valence-electron chi connectivity index (χ0n) is 22.9. The molecule has 0 saturated carbocycles. The molecule has 1 amide bonds. The molecule has 2 aliphatic heterocycles. The second kappa shape index (κ2) is 10.1. The van der Waals surface area contributed by atoms with Gasteiger partial charge in [-0.2, -0.15) is 0 Å². The summed E-state index contributed by atoms with van der Waals surface area (Å²) in [6, 6.07) is 15.9. The average molecular weight is 555 g/mol. The molecule has 1 aromatic heterocycles. The summed E-state index contributed by atoms with van der Waals surface area (Å²) in [5.74, 6) is -0.214. The number of carbonyl (C=O) groups excluding carboxylic acids is 2. The number of aryl methyl sites for hydroxylation is 2. The molecule has 1 N–H and O–H groups in total. The Labute approximate surface area is 236 Å². The smallest absolute Gasteiger partial charge is 0.301 e. The first kappa shape index (κ1) is 26.1. The van der Waals surface area contributed by atoms with E-state index in [4.69, 9.17) is 14.5 Å². The largest absolute Gasteiger partial charge is 0.507 e. The number of benzene rings is 3. The molecule has 8 heteroatoms. The summed E-state index contributed by atoms with van der Waals surface area (Å²) in [7, 11) is 0. The number of amides is 1. The van der Waals surface area contributed by atoms with Crippen LogP contribution in [0.3, 0.4) is 0 Å². The zero-order valence-corrected chi connectivity index (χ0v) is 23.7. The first-order valence-corrected chi connectivity index (χ1v) is 14.3. The number of fused-ring (bicyclic) bond motifs is 2. The number of aliphatic hydroxyl groups is 1. The third-order valence-corrected chi connectivity index (χ3v) is 8.31. The molecule has 2 aliphatic rings. The Morgan fingerprint density at radius 3 is 2.65 bits per heavy atom. The van der Waals surface area contributed by atoms with Gasteiger partial charge in [0, 0.05) is 12.0 Å². The van der Waals surface area contributed by atoms with Gasteiger partial charge >= 0.3 is 5.91 Å². The van der Waals surface area contributed by atoms with Crippen molar-refractivity contribution in [2.45, 2.75) is 52.7 Å². The number of ether oxygens (including phenoxy) is 2. The quantitative estimate of drug-likeness (QED) is 0.163. The fourth-order valence-corrected chi connectivity index (χ4v) is 6.67. The van der Waals surface area contributed by atoms with Gasteiger partial charge in [0.2, 0.25) is 0 Å². The molecule has 1 fully saturated rings. The standard InChI is InChI=1S/C32H30N2O5S/c1-5-12-38-23-9-6-20(7-10-23)28-26(29(35)21-8-11-24-22(16-21)15-19(4)39-24)30(36)31(37)34(28)32-33-27-18(3)13-17(2)14-25(27)40-32/h6-11,13-14,16,19,28,35H,5,12,15H2,1-4H3/t19-,28-/m0/s1. The number of ketones is 1. The van der Waals surface area contributed by atoms with Crippen LogP contribution >= 0.6 is 11.3 Å². The van der Waals surface area contributed by atoms with E-state index in [1.807, 2.05) is 70.2 Å². The maximum Gasteiger partial charge on any atom is 0.301 e. The van der Waals surface area contributed by atoms with Crippen LogP contribution in [0.15, 0.2) is 60.2 Å². The summed E-state index contributed by atoms with van der Waals surface area (Å²) in [5.41, 5.74) is 5.02. The minimum Gasteiger partial charge on any atom is -0.507 e. The Balaban J connectivity index is 1.51. The summed E-state index contributed by atoms with van der Waals surface area (Å²) in [5, 5.41) is 12.0. The molecule has 7 nitrogen and oxygen atoms in total. The molecule has 0 aliphatic carbocycles. The summed E-state index contributed by atoms with van der Waals surface area (Å²) in [6.45, 7) is 8.61. The van der Waals surface area contributed by atoms with Gasteiger partial charge in [-0.1, -0.05) is 36.5 Å². The Bertz CT molecular complexity index is 1690. The molecule has 0 radical (unpaired) electrons. The van der Waals surface area contributed by atoms with Gasteiger partial charge in [0.05, 0.1) is 28.4 Å². The van der Waals surface area contributed by atoms with E-state index in [0.29, 0.717) is 35.0 Å². The number of carbonyl (C=O) groups is 2. The molecule has 204 valence electrons. The van der Waals surface area contributed by atoms with Crippen LogP contribution in [-0.2, 0) is 16.0 Å². The third kappa shape index (κ3) is 4.42. The van der Waals surface area contributed by atoms with E-state index < -0.39 is 17.7 Å². The van der Waals surface area contributed by atoms with Crippen molar-refractivity contribution in [1.82, 2.24) is 4.98 Å². The van der Waals surface area contributed by atoms with Crippen molar-refractivity contribution in [3.05, 3.63) is 88.0 Å². The van der Waals surface area contributed by atoms with Crippen molar-refractivity contribution in [1.29, 1.82) is 0 Å². The summed E-state index contributed by atoms with van der Waals surface area (Å²) in [6.07, 6.45) is 1.62. The SMILES string of the molecule is CCCOc1ccc([C@H]2C(=C(O)c3ccc4c(c3)C[C@H](C)O4)C(=O)C(=O)N2c2nc3c(C)cc(C)cc3s2)cc1. The first-order valence-electron chi connectivity index (χ1n) is 13.5. The average Bonchev–Trinajstić information content (AvgIpc) is 3.60. The lowest BCUT2D eigenvalue weighted by Crippen LogP contribution is -2.29. The van der Waals surface area contributed by atoms with Gasteiger partial charge in [-0.25, -0.2) is 4.98 Å². The fourth-order valence-electron chi connectivity index (χ4n) is 5.50. The Kier molecular flexibility index (Phi) is 6.58. The van der Waals surface area contributed by atoms with Crippen LogP contribution in [0.25, 0.3) is 16.0 Å². The maximum absolute atomic E-state index is 13.7. The number of anilines is 1. The van der Waals surface area contributed by atoms with Gasteiger partial charge in [-0.3, -0.25) is 14.5 Å². The summed E-state index contributed by atoms with van der Waals surface area (Å²) < 4.78 is 12.5. The number of thiazole rings is 1. The molecular formula is C32H30N2O5S. The van der Waals surface area contributed by atoms with Crippen LogP contribution in [-0.4, -0.2) is 34.5 Å². The van der Waals surface area contributed by atoms with Crippen molar-refractivity contribution >= 4 is 44.1 Å². The van der Waals surface area contributed by atoms with Crippen LogP contribution in [0.2, 0.25) is 0 Å². The molecular weight excluding hydrogens is 524 g/mol. The molecule has 0 bridgehead atoms. The lowest BCUT2D eigenvalue weighted by molar-refractivity contribution is -0.132. The fraction of sp³-hybridized carbons (Fsp3) is 0.281. The molecule has 2 atom stereocenters. The van der Waals surface area contributed by atoms with Crippen molar-refractivity contribution in [2.75, 3.05) is 11.5 Å². The second-order valence-electron chi connectivity index (χ2n) is 10.5. The van der Waals surface area contributed by atoms with Crippen molar-refractivity contribution < 1.29 is 24.2 Å². The van der Waals surface area contributed by atoms with Crippen LogP contribution in [0.4, 0.5) is 5.13 Å². The number of nitrogens with zero attached hydrogens (tertiary/aromatic N) is 2. The van der Waals surface area contributed by atoms with Gasteiger partial charge in [0.15, 0.2) is 5.13 Å². The van der Waals surface area contributed by atoms with Crippen molar-refractivity contribution in [3.8, 4) is 11.5 Å². The highest BCUT2D eigenvalue weighted by Crippen LogP contribution is 2.45. The van der Waals surface area contributed by atoms with Crippen LogP contribution in [0.1, 0.15) is 54.1 Å². The first-order chi connectivity index (χ1) is 19.2. The van der Waals surface area contributed by atoms with Crippen molar-refractivity contribution in [2.24, 2.45) is 0 Å². The predicted octanol–water partition coefficient (Wildman–Crippen LogP) is 6.65. The number of hydrogen-bond donors (Lipinski definition) is 1. The Hall–Kier alpha value is -4.17. The van der Waals surface area contributed by atoms with E-state index in [1.165, 1.54) is 16.2 Å². The van der Waals surface area contributed by atoms with Crippen molar-refractivity contribution in [3.63, 3.8) is 0 Å². The Morgan fingerprint density at radius 2 is 1.90 bits per heavy atom. The lowest BCUT2D eigenvalue weighted by atomic mass is 9.94. The summed E-state index contributed by atoms with van der Waals surface area (Å²) in [4.78, 5) is 33.5. The summed E-state index contributed by atoms with van der Waals surface area (Å²) >= 11 is 1.36. The van der Waals surface area contributed by atoms with E-state index in [0.717, 1.165) is 39.1 Å². The zero-order chi connectivity index (χ0) is 28.1. The molecule has 4 aromatic rings. The van der Waals surface area contributed by atoms with Crippen LogP contribution in [0.5, 0.6) is 11.5 Å². The van der Waals surface area contributed by atoms with Crippen LogP contribution < -0.4 is 14.4 Å². The van der Waals surface area contributed by atoms with Gasteiger partial charge < -0.3 is 14.6 Å². The second-order valence-corrected chi connectivity index (χ2v) is 11.5. The third-order valence-electron chi connectivity index (χ3n) is 7.31. The Morgan fingerprint density at radius 1 is 1.12 bits per heavy atom. The molecule has 1 saturated heterocycles. The van der Waals surface area contributed by atoms with Gasteiger partial charge in [0.1, 0.15) is 23.4 Å². The molecule has 0 unspecified atom stereocenters.